The van der Waals surface area contributed by atoms with E-state index < -0.39 is 17.6 Å². The first kappa shape index (κ1) is 32.4. The predicted octanol–water partition coefficient (Wildman–Crippen LogP) is 7.16. The molecule has 0 bridgehead atoms. The van der Waals surface area contributed by atoms with Gasteiger partial charge in [-0.3, -0.25) is 14.0 Å². The van der Waals surface area contributed by atoms with Crippen LogP contribution in [-0.2, 0) is 11.8 Å². The number of aromatic nitrogens is 4. The second-order valence-electron chi connectivity index (χ2n) is 12.6. The molecule has 1 aliphatic rings. The fourth-order valence-electron chi connectivity index (χ4n) is 5.56. The number of imidazole rings is 1. The number of piperidine rings is 1. The molecule has 0 unspecified atom stereocenters. The zero-order chi connectivity index (χ0) is 33.5. The molecular weight excluding hydrogens is 640 g/mol. The molecule has 13 heteroatoms. The van der Waals surface area contributed by atoms with Gasteiger partial charge in [0.25, 0.3) is 5.91 Å². The van der Waals surface area contributed by atoms with Crippen molar-refractivity contribution in [3.63, 3.8) is 0 Å². The SMILES string of the molecule is C[C@@H](Oc1cc(-n2cnc3cc(-c4cnn(C)c4)c(OC4CCN(C(=O)OC(C)(C)C)CC4)cc32)sc1C(N)=O)c1ccccc1Cl. The molecule has 1 atom stereocenters. The fraction of sp³-hybridized carbons (Fsp3) is 0.353. The van der Waals surface area contributed by atoms with Crippen molar-refractivity contribution < 1.29 is 23.8 Å². The van der Waals surface area contributed by atoms with E-state index in [4.69, 9.17) is 36.5 Å². The summed E-state index contributed by atoms with van der Waals surface area (Å²) in [5.41, 5.74) is 9.29. The molecule has 0 saturated carbocycles. The van der Waals surface area contributed by atoms with E-state index in [2.05, 4.69) is 5.10 Å². The number of nitrogens with two attached hydrogens (primary N) is 1. The zero-order valence-electron chi connectivity index (χ0n) is 26.9. The Balaban J connectivity index is 1.31. The first-order valence-corrected chi connectivity index (χ1v) is 16.6. The second-order valence-corrected chi connectivity index (χ2v) is 14.0. The third-order valence-corrected chi connectivity index (χ3v) is 9.32. The molecule has 11 nitrogen and oxygen atoms in total. The van der Waals surface area contributed by atoms with Gasteiger partial charge in [-0.15, -0.1) is 11.3 Å². The van der Waals surface area contributed by atoms with Crippen molar-refractivity contribution >= 4 is 46.0 Å². The summed E-state index contributed by atoms with van der Waals surface area (Å²) < 4.78 is 22.1. The summed E-state index contributed by atoms with van der Waals surface area (Å²) in [6, 6.07) is 13.2. The summed E-state index contributed by atoms with van der Waals surface area (Å²) in [6.07, 6.45) is 5.88. The number of halogens is 1. The number of hydrogen-bond acceptors (Lipinski definition) is 8. The summed E-state index contributed by atoms with van der Waals surface area (Å²) in [5, 5.41) is 5.64. The third-order valence-electron chi connectivity index (χ3n) is 7.84. The lowest BCUT2D eigenvalue weighted by atomic mass is 10.1. The van der Waals surface area contributed by atoms with E-state index in [1.807, 2.05) is 75.8 Å². The minimum absolute atomic E-state index is 0.118. The monoisotopic (exact) mass is 676 g/mol. The number of hydrogen-bond donors (Lipinski definition) is 1. The second kappa shape index (κ2) is 12.9. The van der Waals surface area contributed by atoms with E-state index in [1.165, 1.54) is 11.3 Å². The molecule has 5 aromatic rings. The number of carbonyl (C=O) groups is 2. The molecular formula is C34H37ClN6O5S. The van der Waals surface area contributed by atoms with Crippen molar-refractivity contribution in [2.75, 3.05) is 13.1 Å². The molecule has 0 spiro atoms. The minimum atomic E-state index is -0.590. The van der Waals surface area contributed by atoms with Gasteiger partial charge in [-0.2, -0.15) is 5.10 Å². The fourth-order valence-corrected chi connectivity index (χ4v) is 6.77. The molecule has 0 aliphatic carbocycles. The number of primary amides is 1. The maximum absolute atomic E-state index is 12.6. The van der Waals surface area contributed by atoms with E-state index >= 15 is 0 Å². The summed E-state index contributed by atoms with van der Waals surface area (Å²) in [7, 11) is 1.86. The molecule has 1 fully saturated rings. The highest BCUT2D eigenvalue weighted by Gasteiger charge is 2.29. The maximum atomic E-state index is 12.6. The van der Waals surface area contributed by atoms with Gasteiger partial charge in [0.15, 0.2) is 0 Å². The maximum Gasteiger partial charge on any atom is 0.410 e. The number of carbonyl (C=O) groups excluding carboxylic acids is 2. The Labute approximate surface area is 281 Å². The summed E-state index contributed by atoms with van der Waals surface area (Å²) in [5.74, 6) is 0.443. The van der Waals surface area contributed by atoms with Crippen LogP contribution in [0.15, 0.2) is 61.2 Å². The molecule has 2 amide bonds. The van der Waals surface area contributed by atoms with Gasteiger partial charge in [0.05, 0.1) is 17.2 Å². The lowest BCUT2D eigenvalue weighted by Gasteiger charge is -2.33. The van der Waals surface area contributed by atoms with Gasteiger partial charge in [0.2, 0.25) is 0 Å². The Morgan fingerprint density at radius 3 is 2.51 bits per heavy atom. The highest BCUT2D eigenvalue weighted by molar-refractivity contribution is 7.16. The summed E-state index contributed by atoms with van der Waals surface area (Å²) in [4.78, 5) is 31.8. The Morgan fingerprint density at radius 1 is 1.11 bits per heavy atom. The predicted molar refractivity (Wildman–Crippen MR) is 182 cm³/mol. The van der Waals surface area contributed by atoms with Crippen LogP contribution in [0.5, 0.6) is 11.5 Å². The lowest BCUT2D eigenvalue weighted by molar-refractivity contribution is 0.0127. The summed E-state index contributed by atoms with van der Waals surface area (Å²) >= 11 is 7.63. The number of thiophene rings is 1. The van der Waals surface area contributed by atoms with Gasteiger partial charge in [-0.25, -0.2) is 9.78 Å². The first-order valence-electron chi connectivity index (χ1n) is 15.4. The van der Waals surface area contributed by atoms with Gasteiger partial charge in [-0.05, 0) is 39.8 Å². The lowest BCUT2D eigenvalue weighted by Crippen LogP contribution is -2.44. The van der Waals surface area contributed by atoms with Crippen LogP contribution in [0, 0.1) is 0 Å². The molecule has 1 saturated heterocycles. The normalized spacial score (nSPS) is 14.7. The Hall–Kier alpha value is -4.55. The topological polar surface area (TPSA) is 127 Å². The minimum Gasteiger partial charge on any atom is -0.490 e. The van der Waals surface area contributed by atoms with Crippen molar-refractivity contribution in [2.24, 2.45) is 12.8 Å². The third kappa shape index (κ3) is 7.08. The number of fused-ring (bicyclic) bond motifs is 1. The highest BCUT2D eigenvalue weighted by atomic mass is 35.5. The van der Waals surface area contributed by atoms with Crippen molar-refractivity contribution in [3.8, 4) is 27.6 Å². The molecule has 246 valence electrons. The number of benzene rings is 2. The largest absolute Gasteiger partial charge is 0.490 e. The first-order chi connectivity index (χ1) is 22.4. The highest BCUT2D eigenvalue weighted by Crippen LogP contribution is 2.40. The average Bonchev–Trinajstić information content (AvgIpc) is 3.74. The van der Waals surface area contributed by atoms with Crippen LogP contribution >= 0.6 is 22.9 Å². The van der Waals surface area contributed by atoms with E-state index in [9.17, 15) is 9.59 Å². The molecule has 0 radical (unpaired) electrons. The molecule has 2 aromatic carbocycles. The van der Waals surface area contributed by atoms with E-state index in [1.54, 1.807) is 34.2 Å². The number of rotatable bonds is 8. The van der Waals surface area contributed by atoms with Crippen molar-refractivity contribution in [1.29, 1.82) is 0 Å². The zero-order valence-corrected chi connectivity index (χ0v) is 28.5. The standard InChI is InChI=1S/C34H37ClN6O5S/c1-20(23-8-6-7-9-25(23)35)44-29-16-30(47-31(29)32(36)42)41-19-37-26-14-24(21-17-38-39(5)18-21)28(15-27(26)41)45-22-10-12-40(13-11-22)33(43)46-34(2,3)4/h6-9,14-20,22H,10-13H2,1-5H3,(H2,36,42)/t20-/m1/s1. The number of likely N-dealkylation sites (tertiary alicyclic amines) is 1. The van der Waals surface area contributed by atoms with Crippen LogP contribution in [0.1, 0.15) is 61.9 Å². The Kier molecular flexibility index (Phi) is 8.91. The molecule has 47 heavy (non-hydrogen) atoms. The van der Waals surface area contributed by atoms with Crippen LogP contribution in [0.3, 0.4) is 0 Å². The molecule has 3 aromatic heterocycles. The number of nitrogens with zero attached hydrogens (tertiary/aromatic N) is 5. The Morgan fingerprint density at radius 2 is 1.85 bits per heavy atom. The van der Waals surface area contributed by atoms with Crippen LogP contribution in [-0.4, -0.2) is 61.0 Å². The molecule has 6 rings (SSSR count). The van der Waals surface area contributed by atoms with Crippen LogP contribution in [0.2, 0.25) is 5.02 Å². The quantitative estimate of drug-likeness (QED) is 0.185. The van der Waals surface area contributed by atoms with Crippen LogP contribution in [0.4, 0.5) is 4.79 Å². The van der Waals surface area contributed by atoms with E-state index in [0.717, 1.165) is 27.7 Å². The van der Waals surface area contributed by atoms with Gasteiger partial charge in [0, 0.05) is 73.0 Å². The smallest absolute Gasteiger partial charge is 0.410 e. The van der Waals surface area contributed by atoms with Gasteiger partial charge in [-0.1, -0.05) is 29.8 Å². The average molecular weight is 677 g/mol. The van der Waals surface area contributed by atoms with E-state index in [-0.39, 0.29) is 12.2 Å². The van der Waals surface area contributed by atoms with Crippen LogP contribution < -0.4 is 15.2 Å². The summed E-state index contributed by atoms with van der Waals surface area (Å²) in [6.45, 7) is 8.52. The van der Waals surface area contributed by atoms with Gasteiger partial charge >= 0.3 is 6.09 Å². The van der Waals surface area contributed by atoms with E-state index in [0.29, 0.717) is 52.3 Å². The molecule has 2 N–H and O–H groups in total. The molecule has 4 heterocycles. The van der Waals surface area contributed by atoms with Crippen molar-refractivity contribution in [3.05, 3.63) is 76.6 Å². The van der Waals surface area contributed by atoms with Gasteiger partial charge < -0.3 is 24.8 Å². The van der Waals surface area contributed by atoms with Crippen molar-refractivity contribution in [2.45, 2.75) is 58.3 Å². The number of aryl methyl sites for hydroxylation is 1. The number of ether oxygens (including phenoxy) is 3. The van der Waals surface area contributed by atoms with Gasteiger partial charge in [0.1, 0.15) is 45.5 Å². The Bertz CT molecular complexity index is 1930. The number of amides is 2. The van der Waals surface area contributed by atoms with Crippen molar-refractivity contribution in [1.82, 2.24) is 24.2 Å². The molecule has 1 aliphatic heterocycles. The van der Waals surface area contributed by atoms with Crippen LogP contribution in [0.25, 0.3) is 27.2 Å².